The third-order valence-electron chi connectivity index (χ3n) is 5.55. The summed E-state index contributed by atoms with van der Waals surface area (Å²) in [6, 6.07) is 0. The Morgan fingerprint density at radius 2 is 1.46 bits per heavy atom. The van der Waals surface area contributed by atoms with Crippen LogP contribution < -0.4 is 0 Å². The van der Waals surface area contributed by atoms with Gasteiger partial charge in [-0.2, -0.15) is 0 Å². The minimum Gasteiger partial charge on any atom is -0.372 e. The minimum absolute atomic E-state index is 0.0755. The van der Waals surface area contributed by atoms with Gasteiger partial charge >= 0.3 is 0 Å². The van der Waals surface area contributed by atoms with Crippen molar-refractivity contribution in [1.29, 1.82) is 0 Å². The molecule has 162 valence electrons. The molecule has 0 fully saturated rings. The molecule has 0 saturated carbocycles. The minimum atomic E-state index is -1.44. The Bertz CT molecular complexity index is 592. The van der Waals surface area contributed by atoms with Crippen molar-refractivity contribution in [2.24, 2.45) is 10.4 Å². The van der Waals surface area contributed by atoms with Crippen LogP contribution in [0.15, 0.2) is 16.1 Å². The van der Waals surface area contributed by atoms with E-state index >= 15 is 0 Å². The number of aliphatic hydroxyl groups is 1. The fraction of sp³-hybridized carbons (Fsp3) is 0.840. The van der Waals surface area contributed by atoms with E-state index in [-0.39, 0.29) is 16.7 Å². The maximum atomic E-state index is 13.1. The zero-order valence-electron chi connectivity index (χ0n) is 19.9. The van der Waals surface area contributed by atoms with Crippen LogP contribution in [-0.4, -0.2) is 27.7 Å². The van der Waals surface area contributed by atoms with Crippen LogP contribution in [0.4, 0.5) is 0 Å². The summed E-state index contributed by atoms with van der Waals surface area (Å²) in [6.45, 7) is 17.4. The average molecular weight is 392 g/mol. The van der Waals surface area contributed by atoms with E-state index in [0.29, 0.717) is 12.1 Å². The van der Waals surface area contributed by atoms with E-state index in [0.717, 1.165) is 68.9 Å². The van der Waals surface area contributed by atoms with Crippen molar-refractivity contribution in [2.75, 3.05) is 0 Å². The highest BCUT2D eigenvalue weighted by Crippen LogP contribution is 2.44. The van der Waals surface area contributed by atoms with Crippen LogP contribution in [0, 0.1) is 5.41 Å². The lowest BCUT2D eigenvalue weighted by molar-refractivity contribution is -0.129. The van der Waals surface area contributed by atoms with Crippen molar-refractivity contribution in [3.05, 3.63) is 11.1 Å². The smallest absolute Gasteiger partial charge is 0.200 e. The summed E-state index contributed by atoms with van der Waals surface area (Å²) in [6.07, 6.45) is 9.32. The summed E-state index contributed by atoms with van der Waals surface area (Å²) < 4.78 is 0. The normalized spacial score (nSPS) is 21.3. The van der Waals surface area contributed by atoms with Gasteiger partial charge in [-0.3, -0.25) is 9.79 Å². The Labute approximate surface area is 174 Å². The molecule has 28 heavy (non-hydrogen) atoms. The Morgan fingerprint density at radius 1 is 0.929 bits per heavy atom. The summed E-state index contributed by atoms with van der Waals surface area (Å²) in [4.78, 5) is 18.2. The summed E-state index contributed by atoms with van der Waals surface area (Å²) in [5, 5.41) is 11.6. The molecule has 0 saturated heterocycles. The standard InChI is InChI=1S/C25H45NO2/c1-9-12-15-19-20(16-13-10-2)25(28,22(19)27)21(17-14-11-3)26-24(7,8)18-23(4,5)6/h28H,9-18H2,1-8H3. The van der Waals surface area contributed by atoms with Crippen LogP contribution in [0.2, 0.25) is 0 Å². The lowest BCUT2D eigenvalue weighted by Crippen LogP contribution is -2.57. The van der Waals surface area contributed by atoms with Gasteiger partial charge in [0.2, 0.25) is 5.78 Å². The maximum absolute atomic E-state index is 13.1. The number of unbranched alkanes of at least 4 members (excludes halogenated alkanes) is 3. The number of hydrogen-bond donors (Lipinski definition) is 1. The molecule has 0 aromatic rings. The summed E-state index contributed by atoms with van der Waals surface area (Å²) in [7, 11) is 0. The predicted molar refractivity (Wildman–Crippen MR) is 121 cm³/mol. The fourth-order valence-corrected chi connectivity index (χ4v) is 4.62. The summed E-state index contributed by atoms with van der Waals surface area (Å²) in [5.41, 5.74) is 0.960. The third-order valence-corrected chi connectivity index (χ3v) is 5.55. The van der Waals surface area contributed by atoms with Gasteiger partial charge in [-0.15, -0.1) is 0 Å². The first-order chi connectivity index (χ1) is 12.9. The topological polar surface area (TPSA) is 49.7 Å². The van der Waals surface area contributed by atoms with Gasteiger partial charge in [0.1, 0.15) is 0 Å². The van der Waals surface area contributed by atoms with Gasteiger partial charge < -0.3 is 5.11 Å². The molecule has 1 rings (SSSR count). The van der Waals surface area contributed by atoms with Crippen LogP contribution in [0.25, 0.3) is 0 Å². The van der Waals surface area contributed by atoms with E-state index in [4.69, 9.17) is 4.99 Å². The fourth-order valence-electron chi connectivity index (χ4n) is 4.62. The first-order valence-corrected chi connectivity index (χ1v) is 11.5. The maximum Gasteiger partial charge on any atom is 0.200 e. The number of Topliss-reactive ketones (excluding diaryl/α,β-unsaturated/α-hetero) is 1. The molecule has 1 unspecified atom stereocenters. The monoisotopic (exact) mass is 391 g/mol. The second kappa shape index (κ2) is 10.2. The van der Waals surface area contributed by atoms with E-state index in [1.165, 1.54) is 0 Å². The molecule has 0 aliphatic heterocycles. The number of carbonyl (C=O) groups excluding carboxylic acids is 1. The molecular formula is C25H45NO2. The van der Waals surface area contributed by atoms with Gasteiger partial charge in [-0.25, -0.2) is 0 Å². The first-order valence-electron chi connectivity index (χ1n) is 11.5. The van der Waals surface area contributed by atoms with E-state index in [2.05, 4.69) is 55.4 Å². The van der Waals surface area contributed by atoms with E-state index in [1.54, 1.807) is 0 Å². The lowest BCUT2D eigenvalue weighted by atomic mass is 9.65. The molecule has 0 spiro atoms. The van der Waals surface area contributed by atoms with Crippen molar-refractivity contribution >= 4 is 11.5 Å². The van der Waals surface area contributed by atoms with Crippen LogP contribution >= 0.6 is 0 Å². The number of carbonyl (C=O) groups is 1. The van der Waals surface area contributed by atoms with E-state index < -0.39 is 5.60 Å². The second-order valence-corrected chi connectivity index (χ2v) is 10.4. The quantitative estimate of drug-likeness (QED) is 0.371. The van der Waals surface area contributed by atoms with Crippen molar-refractivity contribution < 1.29 is 9.90 Å². The highest BCUT2D eigenvalue weighted by atomic mass is 16.3. The largest absolute Gasteiger partial charge is 0.372 e. The Hall–Kier alpha value is -0.960. The van der Waals surface area contributed by atoms with Crippen LogP contribution in [0.3, 0.4) is 0 Å². The molecule has 3 heteroatoms. The Balaban J connectivity index is 3.35. The van der Waals surface area contributed by atoms with Crippen molar-refractivity contribution in [2.45, 2.75) is 131 Å². The molecular weight excluding hydrogens is 346 g/mol. The van der Waals surface area contributed by atoms with Gasteiger partial charge in [0.15, 0.2) is 5.60 Å². The SMILES string of the molecule is CCCCC(=NC(C)(C)CC(C)(C)C)C1(O)C(=O)C(CCCC)=C1CCCC. The zero-order valence-corrected chi connectivity index (χ0v) is 19.9. The highest BCUT2D eigenvalue weighted by Gasteiger charge is 2.54. The number of aliphatic imine (C=N–C) groups is 1. The van der Waals surface area contributed by atoms with Crippen molar-refractivity contribution in [3.8, 4) is 0 Å². The lowest BCUT2D eigenvalue weighted by Gasteiger charge is -2.43. The predicted octanol–water partition coefficient (Wildman–Crippen LogP) is 6.82. The molecule has 3 nitrogen and oxygen atoms in total. The zero-order chi connectivity index (χ0) is 21.6. The molecule has 0 amide bonds. The highest BCUT2D eigenvalue weighted by molar-refractivity contribution is 6.27. The van der Waals surface area contributed by atoms with Gasteiger partial charge in [0.25, 0.3) is 0 Å². The van der Waals surface area contributed by atoms with Gasteiger partial charge in [-0.1, -0.05) is 60.8 Å². The van der Waals surface area contributed by atoms with Crippen molar-refractivity contribution in [1.82, 2.24) is 0 Å². The third kappa shape index (κ3) is 6.27. The molecule has 1 N–H and O–H groups in total. The van der Waals surface area contributed by atoms with E-state index in [9.17, 15) is 9.90 Å². The van der Waals surface area contributed by atoms with Gasteiger partial charge in [0.05, 0.1) is 11.3 Å². The van der Waals surface area contributed by atoms with Gasteiger partial charge in [0, 0.05) is 5.57 Å². The molecule has 0 aromatic carbocycles. The van der Waals surface area contributed by atoms with Crippen LogP contribution in [0.1, 0.15) is 120 Å². The molecule has 0 bridgehead atoms. The molecule has 0 aromatic heterocycles. The van der Waals surface area contributed by atoms with Crippen LogP contribution in [0.5, 0.6) is 0 Å². The summed E-state index contributed by atoms with van der Waals surface area (Å²) >= 11 is 0. The molecule has 1 atom stereocenters. The Morgan fingerprint density at radius 3 is 1.96 bits per heavy atom. The summed E-state index contributed by atoms with van der Waals surface area (Å²) in [5.74, 6) is -0.0755. The van der Waals surface area contributed by atoms with Gasteiger partial charge in [-0.05, 0) is 69.8 Å². The van der Waals surface area contributed by atoms with Crippen molar-refractivity contribution in [3.63, 3.8) is 0 Å². The number of ketones is 1. The number of rotatable bonds is 12. The van der Waals surface area contributed by atoms with Crippen LogP contribution in [-0.2, 0) is 4.79 Å². The molecule has 1 aliphatic carbocycles. The molecule has 0 radical (unpaired) electrons. The first kappa shape index (κ1) is 25.1. The number of hydrogen-bond acceptors (Lipinski definition) is 3. The molecule has 1 aliphatic rings. The number of nitrogens with zero attached hydrogens (tertiary/aromatic N) is 1. The second-order valence-electron chi connectivity index (χ2n) is 10.4. The Kier molecular flexibility index (Phi) is 9.12. The molecule has 0 heterocycles. The average Bonchev–Trinajstić information content (AvgIpc) is 2.58. The van der Waals surface area contributed by atoms with E-state index in [1.807, 2.05) is 0 Å².